The van der Waals surface area contributed by atoms with Crippen molar-refractivity contribution in [1.82, 2.24) is 0 Å². The van der Waals surface area contributed by atoms with Crippen LogP contribution in [0.4, 0.5) is 14.5 Å². The fourth-order valence-corrected chi connectivity index (χ4v) is 2.56. The number of anilines is 1. The van der Waals surface area contributed by atoms with E-state index in [-0.39, 0.29) is 17.5 Å². The number of ether oxygens (including phenoxy) is 3. The van der Waals surface area contributed by atoms with Gasteiger partial charge < -0.3 is 19.5 Å². The van der Waals surface area contributed by atoms with Gasteiger partial charge in [-0.05, 0) is 49.8 Å². The lowest BCUT2D eigenvalue weighted by atomic mass is 10.1. The Hall–Kier alpha value is -2.80. The van der Waals surface area contributed by atoms with Crippen LogP contribution in [-0.4, -0.2) is 25.7 Å². The summed E-state index contributed by atoms with van der Waals surface area (Å²) in [5.74, 6) is 0.192. The first-order valence-corrected chi connectivity index (χ1v) is 8.75. The number of para-hydroxylation sites is 2. The molecule has 0 spiro atoms. The molecule has 0 radical (unpaired) electrons. The Labute approximate surface area is 166 Å². The van der Waals surface area contributed by atoms with Crippen LogP contribution in [0, 0.1) is 0 Å². The third-order valence-electron chi connectivity index (χ3n) is 3.39. The van der Waals surface area contributed by atoms with E-state index in [1.807, 2.05) is 13.8 Å². The number of rotatable bonds is 8. The van der Waals surface area contributed by atoms with Crippen molar-refractivity contribution in [2.75, 3.05) is 12.4 Å². The maximum Gasteiger partial charge on any atom is 0.387 e. The lowest BCUT2D eigenvalue weighted by Crippen LogP contribution is -2.11. The summed E-state index contributed by atoms with van der Waals surface area (Å²) < 4.78 is 40.2. The number of halogens is 3. The van der Waals surface area contributed by atoms with Gasteiger partial charge in [-0.1, -0.05) is 23.7 Å². The zero-order valence-corrected chi connectivity index (χ0v) is 16.3. The molecule has 2 aromatic rings. The zero-order valence-electron chi connectivity index (χ0n) is 15.5. The topological polar surface area (TPSA) is 56.8 Å². The van der Waals surface area contributed by atoms with Crippen LogP contribution in [0.25, 0.3) is 6.08 Å². The lowest BCUT2D eigenvalue weighted by Gasteiger charge is -2.15. The minimum atomic E-state index is -2.99. The Morgan fingerprint density at radius 1 is 1.14 bits per heavy atom. The molecule has 28 heavy (non-hydrogen) atoms. The molecule has 8 heteroatoms. The Kier molecular flexibility index (Phi) is 7.63. The van der Waals surface area contributed by atoms with Gasteiger partial charge in [0.25, 0.3) is 0 Å². The average Bonchev–Trinajstić information content (AvgIpc) is 2.62. The second-order valence-electron chi connectivity index (χ2n) is 5.90. The van der Waals surface area contributed by atoms with Crippen LogP contribution in [0.2, 0.25) is 5.02 Å². The monoisotopic (exact) mass is 411 g/mol. The molecule has 0 aliphatic heterocycles. The molecule has 0 aliphatic rings. The molecule has 0 bridgehead atoms. The van der Waals surface area contributed by atoms with E-state index >= 15 is 0 Å². The van der Waals surface area contributed by atoms with E-state index in [0.717, 1.165) is 0 Å². The van der Waals surface area contributed by atoms with E-state index in [2.05, 4.69) is 10.1 Å². The van der Waals surface area contributed by atoms with Gasteiger partial charge in [0.2, 0.25) is 5.91 Å². The van der Waals surface area contributed by atoms with E-state index in [9.17, 15) is 13.6 Å². The summed E-state index contributed by atoms with van der Waals surface area (Å²) in [6.07, 6.45) is 2.67. The number of hydrogen-bond acceptors (Lipinski definition) is 4. The minimum Gasteiger partial charge on any atom is -0.493 e. The van der Waals surface area contributed by atoms with Gasteiger partial charge in [0, 0.05) is 6.08 Å². The third kappa shape index (κ3) is 6.13. The number of benzene rings is 2. The number of methoxy groups -OCH3 is 1. The van der Waals surface area contributed by atoms with Crippen molar-refractivity contribution >= 4 is 29.3 Å². The maximum absolute atomic E-state index is 12.4. The average molecular weight is 412 g/mol. The van der Waals surface area contributed by atoms with Crippen LogP contribution in [-0.2, 0) is 4.79 Å². The molecule has 0 unspecified atom stereocenters. The van der Waals surface area contributed by atoms with Crippen molar-refractivity contribution < 1.29 is 27.8 Å². The second-order valence-corrected chi connectivity index (χ2v) is 6.31. The van der Waals surface area contributed by atoms with E-state index in [1.54, 1.807) is 18.2 Å². The Balaban J connectivity index is 2.16. The van der Waals surface area contributed by atoms with E-state index < -0.39 is 12.5 Å². The Morgan fingerprint density at radius 3 is 2.50 bits per heavy atom. The van der Waals surface area contributed by atoms with E-state index in [1.165, 1.54) is 37.5 Å². The van der Waals surface area contributed by atoms with Crippen LogP contribution >= 0.6 is 11.6 Å². The molecule has 0 aromatic heterocycles. The highest BCUT2D eigenvalue weighted by Crippen LogP contribution is 2.37. The molecule has 0 heterocycles. The van der Waals surface area contributed by atoms with Gasteiger partial charge in [0.05, 0.1) is 23.9 Å². The lowest BCUT2D eigenvalue weighted by molar-refractivity contribution is -0.111. The van der Waals surface area contributed by atoms with Gasteiger partial charge in [0.15, 0.2) is 11.5 Å². The van der Waals surface area contributed by atoms with Crippen molar-refractivity contribution in [3.63, 3.8) is 0 Å². The van der Waals surface area contributed by atoms with Gasteiger partial charge in [-0.25, -0.2) is 0 Å². The van der Waals surface area contributed by atoms with Crippen molar-refractivity contribution in [2.24, 2.45) is 0 Å². The normalized spacial score (nSPS) is 11.1. The van der Waals surface area contributed by atoms with Crippen LogP contribution in [0.1, 0.15) is 19.4 Å². The van der Waals surface area contributed by atoms with E-state index in [4.69, 9.17) is 21.1 Å². The quantitative estimate of drug-likeness (QED) is 0.592. The molecule has 150 valence electrons. The number of hydrogen-bond donors (Lipinski definition) is 1. The third-order valence-corrected chi connectivity index (χ3v) is 3.67. The molecular formula is C20H20ClF2NO4. The second kappa shape index (κ2) is 9.94. The minimum absolute atomic E-state index is 0.0888. The van der Waals surface area contributed by atoms with Crippen LogP contribution in [0.5, 0.6) is 17.2 Å². The van der Waals surface area contributed by atoms with Crippen molar-refractivity contribution in [1.29, 1.82) is 0 Å². The van der Waals surface area contributed by atoms with Crippen LogP contribution < -0.4 is 19.5 Å². The highest BCUT2D eigenvalue weighted by Gasteiger charge is 2.13. The molecule has 2 aromatic carbocycles. The first-order chi connectivity index (χ1) is 13.3. The summed E-state index contributed by atoms with van der Waals surface area (Å²) >= 11 is 6.24. The largest absolute Gasteiger partial charge is 0.493 e. The number of alkyl halides is 2. The highest BCUT2D eigenvalue weighted by atomic mass is 35.5. The number of carbonyl (C=O) groups is 1. The molecular weight excluding hydrogens is 392 g/mol. The number of amides is 1. The van der Waals surface area contributed by atoms with Gasteiger partial charge in [-0.15, -0.1) is 0 Å². The van der Waals surface area contributed by atoms with Gasteiger partial charge in [0.1, 0.15) is 5.75 Å². The molecule has 2 rings (SSSR count). The Morgan fingerprint density at radius 2 is 1.86 bits per heavy atom. The molecule has 0 saturated carbocycles. The van der Waals surface area contributed by atoms with Crippen LogP contribution in [0.3, 0.4) is 0 Å². The fraction of sp³-hybridized carbons (Fsp3) is 0.250. The highest BCUT2D eigenvalue weighted by molar-refractivity contribution is 6.32. The van der Waals surface area contributed by atoms with Gasteiger partial charge >= 0.3 is 6.61 Å². The zero-order chi connectivity index (χ0) is 20.7. The van der Waals surface area contributed by atoms with Gasteiger partial charge in [-0.3, -0.25) is 4.79 Å². The number of carbonyl (C=O) groups excluding carboxylic acids is 1. The summed E-state index contributed by atoms with van der Waals surface area (Å²) in [5, 5.41) is 2.83. The predicted octanol–water partition coefficient (Wildman–Crippen LogP) is 5.39. The van der Waals surface area contributed by atoms with Crippen LogP contribution in [0.15, 0.2) is 42.5 Å². The molecule has 1 N–H and O–H groups in total. The van der Waals surface area contributed by atoms with Crippen molar-refractivity contribution in [3.05, 3.63) is 53.1 Å². The summed E-state index contributed by atoms with van der Waals surface area (Å²) in [5.41, 5.74) is 0.735. The predicted molar refractivity (Wildman–Crippen MR) is 105 cm³/mol. The first-order valence-electron chi connectivity index (χ1n) is 8.37. The summed E-state index contributed by atoms with van der Waals surface area (Å²) in [6.45, 7) is 0.738. The summed E-state index contributed by atoms with van der Waals surface area (Å²) in [7, 11) is 1.49. The van der Waals surface area contributed by atoms with Crippen molar-refractivity contribution in [3.8, 4) is 17.2 Å². The summed E-state index contributed by atoms with van der Waals surface area (Å²) in [6, 6.07) is 9.21. The molecule has 0 saturated heterocycles. The standard InChI is InChI=1S/C20H20ClF2NO4/c1-12(2)27-19-14(21)10-13(11-17(19)26-3)8-9-18(25)24-15-6-4-5-7-16(15)28-20(22)23/h4-12,20H,1-3H3,(H,24,25)/b9-8+. The van der Waals surface area contributed by atoms with E-state index in [0.29, 0.717) is 22.1 Å². The van der Waals surface area contributed by atoms with Gasteiger partial charge in [-0.2, -0.15) is 8.78 Å². The Bertz CT molecular complexity index is 856. The smallest absolute Gasteiger partial charge is 0.387 e. The molecule has 0 atom stereocenters. The molecule has 5 nitrogen and oxygen atoms in total. The van der Waals surface area contributed by atoms with Crippen molar-refractivity contribution in [2.45, 2.75) is 26.6 Å². The molecule has 1 amide bonds. The summed E-state index contributed by atoms with van der Waals surface area (Å²) in [4.78, 5) is 12.1. The molecule has 0 aliphatic carbocycles. The SMILES string of the molecule is COc1cc(/C=C/C(=O)Nc2ccccc2OC(F)F)cc(Cl)c1OC(C)C. The fourth-order valence-electron chi connectivity index (χ4n) is 2.30. The number of nitrogens with one attached hydrogen (secondary N) is 1. The maximum atomic E-state index is 12.4. The first kappa shape index (κ1) is 21.5. The molecule has 0 fully saturated rings.